The highest BCUT2D eigenvalue weighted by molar-refractivity contribution is 4.55. The summed E-state index contributed by atoms with van der Waals surface area (Å²) < 4.78 is 5.07. The average Bonchev–Trinajstić information content (AvgIpc) is 2.33. The Balaban J connectivity index is 3.05. The molecule has 0 heterocycles. The molecule has 0 fully saturated rings. The maximum Gasteiger partial charge on any atom is 0.0773 e. The summed E-state index contributed by atoms with van der Waals surface area (Å²) in [6.07, 6.45) is 10.8. The van der Waals surface area contributed by atoms with Gasteiger partial charge in [-0.1, -0.05) is 58.3 Å². The third-order valence-corrected chi connectivity index (χ3v) is 2.94. The largest absolute Gasteiger partial charge is 0.394 e. The maximum absolute atomic E-state index is 9.54. The van der Waals surface area contributed by atoms with Gasteiger partial charge in [-0.05, 0) is 6.42 Å². The molecule has 0 aliphatic carbocycles. The van der Waals surface area contributed by atoms with Gasteiger partial charge < -0.3 is 14.9 Å². The second-order valence-electron chi connectivity index (χ2n) is 4.72. The Morgan fingerprint density at radius 3 is 2.12 bits per heavy atom. The Hall–Kier alpha value is -0.120. The van der Waals surface area contributed by atoms with Crippen LogP contribution < -0.4 is 0 Å². The van der Waals surface area contributed by atoms with Crippen LogP contribution in [0.25, 0.3) is 0 Å². The quantitative estimate of drug-likeness (QED) is 0.491. The molecule has 0 radical (unpaired) electrons. The SMILES string of the molecule is CCCCCCCCCCC(O)COCCO. The third-order valence-electron chi connectivity index (χ3n) is 2.94. The Morgan fingerprint density at radius 1 is 0.941 bits per heavy atom. The zero-order valence-electron chi connectivity index (χ0n) is 11.4. The van der Waals surface area contributed by atoms with Crippen LogP contribution in [0.15, 0.2) is 0 Å². The van der Waals surface area contributed by atoms with Crippen molar-refractivity contribution in [3.8, 4) is 0 Å². The van der Waals surface area contributed by atoms with E-state index in [2.05, 4.69) is 6.92 Å². The molecular formula is C14H30O3. The van der Waals surface area contributed by atoms with Crippen LogP contribution in [-0.4, -0.2) is 36.1 Å². The molecule has 0 bridgehead atoms. The first-order chi connectivity index (χ1) is 8.31. The van der Waals surface area contributed by atoms with Gasteiger partial charge in [-0.25, -0.2) is 0 Å². The van der Waals surface area contributed by atoms with E-state index in [0.717, 1.165) is 12.8 Å². The monoisotopic (exact) mass is 246 g/mol. The lowest BCUT2D eigenvalue weighted by atomic mass is 10.1. The lowest BCUT2D eigenvalue weighted by molar-refractivity contribution is 0.0170. The van der Waals surface area contributed by atoms with Gasteiger partial charge in [0.2, 0.25) is 0 Å². The fourth-order valence-electron chi connectivity index (χ4n) is 1.88. The van der Waals surface area contributed by atoms with Crippen LogP contribution in [0.3, 0.4) is 0 Å². The Labute approximate surface area is 106 Å². The average molecular weight is 246 g/mol. The molecule has 3 heteroatoms. The van der Waals surface area contributed by atoms with Crippen molar-refractivity contribution in [1.29, 1.82) is 0 Å². The number of ether oxygens (including phenoxy) is 1. The molecule has 0 saturated heterocycles. The van der Waals surface area contributed by atoms with E-state index in [9.17, 15) is 5.11 Å². The molecule has 2 N–H and O–H groups in total. The van der Waals surface area contributed by atoms with Gasteiger partial charge in [0.1, 0.15) is 0 Å². The van der Waals surface area contributed by atoms with Crippen LogP contribution in [0.2, 0.25) is 0 Å². The van der Waals surface area contributed by atoms with Gasteiger partial charge in [-0.3, -0.25) is 0 Å². The first-order valence-electron chi connectivity index (χ1n) is 7.18. The summed E-state index contributed by atoms with van der Waals surface area (Å²) in [6.45, 7) is 2.95. The van der Waals surface area contributed by atoms with Crippen molar-refractivity contribution in [3.05, 3.63) is 0 Å². The molecule has 17 heavy (non-hydrogen) atoms. The van der Waals surface area contributed by atoms with Crippen molar-refractivity contribution in [1.82, 2.24) is 0 Å². The first-order valence-corrected chi connectivity index (χ1v) is 7.18. The van der Waals surface area contributed by atoms with Gasteiger partial charge in [-0.2, -0.15) is 0 Å². The molecule has 0 aromatic carbocycles. The number of rotatable bonds is 13. The maximum atomic E-state index is 9.54. The van der Waals surface area contributed by atoms with E-state index >= 15 is 0 Å². The highest BCUT2D eigenvalue weighted by atomic mass is 16.5. The van der Waals surface area contributed by atoms with E-state index < -0.39 is 0 Å². The number of aliphatic hydroxyl groups excluding tert-OH is 2. The molecule has 0 amide bonds. The van der Waals surface area contributed by atoms with E-state index in [-0.39, 0.29) is 12.7 Å². The zero-order chi connectivity index (χ0) is 12.8. The summed E-state index contributed by atoms with van der Waals surface area (Å²) in [6, 6.07) is 0. The number of hydrogen-bond donors (Lipinski definition) is 2. The minimum atomic E-state index is -0.360. The van der Waals surface area contributed by atoms with Crippen LogP contribution in [0.1, 0.15) is 64.7 Å². The van der Waals surface area contributed by atoms with Crippen molar-refractivity contribution >= 4 is 0 Å². The van der Waals surface area contributed by atoms with Crippen LogP contribution in [0.4, 0.5) is 0 Å². The molecular weight excluding hydrogens is 216 g/mol. The number of aliphatic hydroxyl groups is 2. The molecule has 1 atom stereocenters. The van der Waals surface area contributed by atoms with Crippen molar-refractivity contribution in [2.45, 2.75) is 70.8 Å². The first kappa shape index (κ1) is 16.9. The molecule has 104 valence electrons. The minimum absolute atomic E-state index is 0.0322. The molecule has 3 nitrogen and oxygen atoms in total. The predicted octanol–water partition coefficient (Wildman–Crippen LogP) is 2.89. The summed E-state index contributed by atoms with van der Waals surface area (Å²) in [7, 11) is 0. The summed E-state index contributed by atoms with van der Waals surface area (Å²) >= 11 is 0. The fourth-order valence-corrected chi connectivity index (χ4v) is 1.88. The van der Waals surface area contributed by atoms with Crippen LogP contribution >= 0.6 is 0 Å². The second kappa shape index (κ2) is 13.9. The molecule has 0 aromatic heterocycles. The number of unbranched alkanes of at least 4 members (excludes halogenated alkanes) is 7. The van der Waals surface area contributed by atoms with Gasteiger partial charge in [0.25, 0.3) is 0 Å². The van der Waals surface area contributed by atoms with Crippen molar-refractivity contribution in [2.75, 3.05) is 19.8 Å². The van der Waals surface area contributed by atoms with Gasteiger partial charge in [0.15, 0.2) is 0 Å². The second-order valence-corrected chi connectivity index (χ2v) is 4.72. The zero-order valence-corrected chi connectivity index (χ0v) is 11.4. The van der Waals surface area contributed by atoms with Crippen molar-refractivity contribution in [2.24, 2.45) is 0 Å². The van der Waals surface area contributed by atoms with E-state index in [1.54, 1.807) is 0 Å². The van der Waals surface area contributed by atoms with Gasteiger partial charge in [0.05, 0.1) is 25.9 Å². The summed E-state index contributed by atoms with van der Waals surface area (Å²) in [5.74, 6) is 0. The minimum Gasteiger partial charge on any atom is -0.394 e. The molecule has 0 spiro atoms. The van der Waals surface area contributed by atoms with E-state index in [4.69, 9.17) is 9.84 Å². The molecule has 0 aliphatic rings. The highest BCUT2D eigenvalue weighted by Gasteiger charge is 2.03. The topological polar surface area (TPSA) is 49.7 Å². The summed E-state index contributed by atoms with van der Waals surface area (Å²) in [5.41, 5.74) is 0. The Kier molecular flexibility index (Phi) is 13.8. The van der Waals surface area contributed by atoms with Crippen LogP contribution in [0.5, 0.6) is 0 Å². The molecule has 0 saturated carbocycles. The molecule has 0 rings (SSSR count). The Morgan fingerprint density at radius 2 is 1.53 bits per heavy atom. The molecule has 0 aliphatic heterocycles. The van der Waals surface area contributed by atoms with E-state index in [1.807, 2.05) is 0 Å². The Bertz CT molecular complexity index is 139. The third kappa shape index (κ3) is 13.8. The highest BCUT2D eigenvalue weighted by Crippen LogP contribution is 2.10. The van der Waals surface area contributed by atoms with Crippen LogP contribution in [0, 0.1) is 0 Å². The van der Waals surface area contributed by atoms with E-state index in [1.165, 1.54) is 44.9 Å². The summed E-state index contributed by atoms with van der Waals surface area (Å²) in [5, 5.41) is 18.0. The normalized spacial score (nSPS) is 12.9. The van der Waals surface area contributed by atoms with E-state index in [0.29, 0.717) is 13.2 Å². The lowest BCUT2D eigenvalue weighted by Gasteiger charge is -2.10. The lowest BCUT2D eigenvalue weighted by Crippen LogP contribution is -2.16. The number of hydrogen-bond acceptors (Lipinski definition) is 3. The standard InChI is InChI=1S/C14H30O3/c1-2-3-4-5-6-7-8-9-10-14(16)13-17-12-11-15/h14-16H,2-13H2,1H3. The smallest absolute Gasteiger partial charge is 0.0773 e. The fraction of sp³-hybridized carbons (Fsp3) is 1.00. The molecule has 1 unspecified atom stereocenters. The predicted molar refractivity (Wildman–Crippen MR) is 71.1 cm³/mol. The van der Waals surface area contributed by atoms with Gasteiger partial charge in [-0.15, -0.1) is 0 Å². The van der Waals surface area contributed by atoms with Crippen LogP contribution in [-0.2, 0) is 4.74 Å². The van der Waals surface area contributed by atoms with Gasteiger partial charge >= 0.3 is 0 Å². The van der Waals surface area contributed by atoms with Gasteiger partial charge in [0, 0.05) is 0 Å². The summed E-state index contributed by atoms with van der Waals surface area (Å²) in [4.78, 5) is 0. The van der Waals surface area contributed by atoms with Crippen molar-refractivity contribution in [3.63, 3.8) is 0 Å². The molecule has 0 aromatic rings. The van der Waals surface area contributed by atoms with Crippen molar-refractivity contribution < 1.29 is 14.9 Å².